The maximum Gasteiger partial charge on any atom is 0.341 e. The number of carbonyl (C=O) groups is 5. The van der Waals surface area contributed by atoms with E-state index in [0.29, 0.717) is 33.0 Å². The lowest BCUT2D eigenvalue weighted by molar-refractivity contribution is -0.115. The largest absolute Gasteiger partial charge is 0.508 e. The number of phenolic OH excluding ortho intramolecular Hbond substituents is 1. The summed E-state index contributed by atoms with van der Waals surface area (Å²) in [6.07, 6.45) is 1.44. The van der Waals surface area contributed by atoms with Crippen LogP contribution < -0.4 is 26.0 Å². The Hall–Kier alpha value is -6.38. The van der Waals surface area contributed by atoms with Crippen molar-refractivity contribution in [2.75, 3.05) is 29.7 Å². The Morgan fingerprint density at radius 2 is 1.53 bits per heavy atom. The Bertz CT molecular complexity index is 2240. The SMILES string of the molecule is CCOC(=O)c1c(NC(=O)C(C)Sc2cccc(NC(=O)/C(=C\c3ccc(O)cc3OC)NC(=O)c3ccccc3)c2)sc(C(=O)Nc2ccccc2)c1C. The monoisotopic (exact) mass is 778 g/mol. The molecule has 0 radical (unpaired) electrons. The van der Waals surface area contributed by atoms with Gasteiger partial charge in [-0.1, -0.05) is 42.5 Å². The first-order valence-electron chi connectivity index (χ1n) is 17.0. The fourth-order valence-electron chi connectivity index (χ4n) is 5.21. The normalized spacial score (nSPS) is 11.5. The Labute approximate surface area is 326 Å². The number of carbonyl (C=O) groups excluding carboxylic acids is 5. The average molecular weight is 779 g/mol. The number of esters is 1. The number of phenols is 1. The van der Waals surface area contributed by atoms with Crippen LogP contribution in [0, 0.1) is 6.92 Å². The molecule has 5 N–H and O–H groups in total. The van der Waals surface area contributed by atoms with Crippen molar-refractivity contribution in [1.29, 1.82) is 0 Å². The molecule has 4 amide bonds. The van der Waals surface area contributed by atoms with Gasteiger partial charge in [0, 0.05) is 33.5 Å². The Morgan fingerprint density at radius 3 is 2.22 bits per heavy atom. The lowest BCUT2D eigenvalue weighted by Gasteiger charge is -2.15. The molecule has 282 valence electrons. The first-order chi connectivity index (χ1) is 26.5. The van der Waals surface area contributed by atoms with Gasteiger partial charge in [0.2, 0.25) is 5.91 Å². The molecule has 0 aliphatic carbocycles. The molecule has 1 heterocycles. The van der Waals surface area contributed by atoms with E-state index in [2.05, 4.69) is 21.3 Å². The van der Waals surface area contributed by atoms with E-state index in [0.717, 1.165) is 11.3 Å². The van der Waals surface area contributed by atoms with Gasteiger partial charge in [-0.25, -0.2) is 4.79 Å². The van der Waals surface area contributed by atoms with E-state index < -0.39 is 34.8 Å². The molecule has 1 unspecified atom stereocenters. The molecule has 5 rings (SSSR count). The van der Waals surface area contributed by atoms with E-state index in [4.69, 9.17) is 9.47 Å². The number of hydrogen-bond acceptors (Lipinski definition) is 10. The quantitative estimate of drug-likeness (QED) is 0.0430. The first kappa shape index (κ1) is 39.8. The molecule has 0 aliphatic rings. The van der Waals surface area contributed by atoms with Gasteiger partial charge in [-0.3, -0.25) is 19.2 Å². The van der Waals surface area contributed by atoms with E-state index >= 15 is 0 Å². The maximum atomic E-state index is 13.7. The highest BCUT2D eigenvalue weighted by molar-refractivity contribution is 8.00. The third kappa shape index (κ3) is 10.4. The van der Waals surface area contributed by atoms with Crippen molar-refractivity contribution in [3.05, 3.63) is 136 Å². The highest BCUT2D eigenvalue weighted by atomic mass is 32.2. The molecule has 0 bridgehead atoms. The van der Waals surface area contributed by atoms with Crippen molar-refractivity contribution < 1.29 is 38.6 Å². The van der Waals surface area contributed by atoms with Gasteiger partial charge >= 0.3 is 5.97 Å². The molecule has 55 heavy (non-hydrogen) atoms. The van der Waals surface area contributed by atoms with Crippen LogP contribution in [0.4, 0.5) is 16.4 Å². The molecule has 12 nitrogen and oxygen atoms in total. The summed E-state index contributed by atoms with van der Waals surface area (Å²) < 4.78 is 10.6. The van der Waals surface area contributed by atoms with Gasteiger partial charge in [0.15, 0.2) is 0 Å². The number of benzene rings is 4. The standard InChI is InChI=1S/C41H38N4O8S2/c1-5-53-41(51)34-24(2)35(39(50)42-28-15-10-7-11-16-28)55-40(34)45-36(47)25(3)54-31-18-12-17-29(22-31)43-38(49)32(44-37(48)26-13-8-6-9-14-26)21-27-19-20-30(46)23-33(27)52-4/h6-23,25,46H,5H2,1-4H3,(H,42,50)(H,43,49)(H,44,48)(H,45,47)/b32-21+. The summed E-state index contributed by atoms with van der Waals surface area (Å²) >= 11 is 2.18. The number of para-hydroxylation sites is 1. The van der Waals surface area contributed by atoms with Crippen molar-refractivity contribution in [1.82, 2.24) is 5.32 Å². The summed E-state index contributed by atoms with van der Waals surface area (Å²) in [4.78, 5) is 67.4. The number of amides is 4. The third-order valence-electron chi connectivity index (χ3n) is 7.92. The number of ether oxygens (including phenoxy) is 2. The summed E-state index contributed by atoms with van der Waals surface area (Å²) in [7, 11) is 1.42. The highest BCUT2D eigenvalue weighted by Crippen LogP contribution is 2.36. The summed E-state index contributed by atoms with van der Waals surface area (Å²) in [6, 6.07) is 28.5. The number of aromatic hydroxyl groups is 1. The summed E-state index contributed by atoms with van der Waals surface area (Å²) in [5.41, 5.74) is 2.12. The zero-order valence-corrected chi connectivity index (χ0v) is 31.9. The van der Waals surface area contributed by atoms with Crippen LogP contribution in [0.1, 0.15) is 55.4 Å². The second-order valence-corrected chi connectivity index (χ2v) is 14.3. The van der Waals surface area contributed by atoms with Crippen LogP contribution in [0.2, 0.25) is 0 Å². The van der Waals surface area contributed by atoms with Crippen LogP contribution in [0.3, 0.4) is 0 Å². The van der Waals surface area contributed by atoms with Gasteiger partial charge < -0.3 is 35.8 Å². The molecule has 14 heteroatoms. The van der Waals surface area contributed by atoms with Crippen LogP contribution in [-0.2, 0) is 14.3 Å². The number of hydrogen-bond donors (Lipinski definition) is 5. The molecule has 0 spiro atoms. The van der Waals surface area contributed by atoms with Crippen LogP contribution >= 0.6 is 23.1 Å². The van der Waals surface area contributed by atoms with Crippen molar-refractivity contribution in [2.24, 2.45) is 0 Å². The van der Waals surface area contributed by atoms with E-state index in [1.165, 1.54) is 37.1 Å². The van der Waals surface area contributed by atoms with Crippen molar-refractivity contribution in [2.45, 2.75) is 30.9 Å². The van der Waals surface area contributed by atoms with Gasteiger partial charge in [0.25, 0.3) is 17.7 Å². The minimum Gasteiger partial charge on any atom is -0.508 e. The second kappa shape index (κ2) is 18.6. The molecule has 5 aromatic rings. The van der Waals surface area contributed by atoms with E-state index in [1.54, 1.807) is 106 Å². The lowest BCUT2D eigenvalue weighted by Crippen LogP contribution is -2.30. The van der Waals surface area contributed by atoms with Crippen molar-refractivity contribution >= 4 is 75.1 Å². The molecule has 0 fully saturated rings. The molecule has 4 aromatic carbocycles. The summed E-state index contributed by atoms with van der Waals surface area (Å²) in [5.74, 6) is -2.43. The number of anilines is 3. The topological polar surface area (TPSA) is 172 Å². The summed E-state index contributed by atoms with van der Waals surface area (Å²) in [5, 5.41) is 20.5. The molecule has 0 saturated heterocycles. The van der Waals surface area contributed by atoms with Gasteiger partial charge in [0.05, 0.1) is 29.4 Å². The number of thiophene rings is 1. The van der Waals surface area contributed by atoms with Crippen molar-refractivity contribution in [3.63, 3.8) is 0 Å². The Morgan fingerprint density at radius 1 is 0.836 bits per heavy atom. The number of methoxy groups -OCH3 is 1. The average Bonchev–Trinajstić information content (AvgIpc) is 3.51. The van der Waals surface area contributed by atoms with Gasteiger partial charge in [0.1, 0.15) is 22.2 Å². The zero-order chi connectivity index (χ0) is 39.5. The van der Waals surface area contributed by atoms with Gasteiger partial charge in [-0.05, 0) is 87.0 Å². The fraction of sp³-hybridized carbons (Fsp3) is 0.146. The molecular formula is C41H38N4O8S2. The Kier molecular flexibility index (Phi) is 13.5. The predicted octanol–water partition coefficient (Wildman–Crippen LogP) is 7.73. The molecule has 1 atom stereocenters. The predicted molar refractivity (Wildman–Crippen MR) is 215 cm³/mol. The zero-order valence-electron chi connectivity index (χ0n) is 30.3. The molecular weight excluding hydrogens is 741 g/mol. The lowest BCUT2D eigenvalue weighted by atomic mass is 10.1. The van der Waals surface area contributed by atoms with Crippen LogP contribution in [0.25, 0.3) is 6.08 Å². The first-order valence-corrected chi connectivity index (χ1v) is 18.7. The minimum atomic E-state index is -0.687. The molecule has 0 aliphatic heterocycles. The highest BCUT2D eigenvalue weighted by Gasteiger charge is 2.28. The van der Waals surface area contributed by atoms with Crippen LogP contribution in [0.15, 0.2) is 114 Å². The van der Waals surface area contributed by atoms with Gasteiger partial charge in [-0.2, -0.15) is 0 Å². The van der Waals surface area contributed by atoms with Gasteiger partial charge in [-0.15, -0.1) is 23.1 Å². The van der Waals surface area contributed by atoms with E-state index in [9.17, 15) is 29.1 Å². The number of nitrogens with one attached hydrogen (secondary N) is 4. The van der Waals surface area contributed by atoms with Crippen LogP contribution in [-0.4, -0.2) is 53.7 Å². The number of thioether (sulfide) groups is 1. The Balaban J connectivity index is 1.32. The van der Waals surface area contributed by atoms with Crippen molar-refractivity contribution in [3.8, 4) is 11.5 Å². The number of rotatable bonds is 14. The maximum absolute atomic E-state index is 13.7. The second-order valence-electron chi connectivity index (χ2n) is 11.8. The van der Waals surface area contributed by atoms with E-state index in [-0.39, 0.29) is 39.2 Å². The molecule has 0 saturated carbocycles. The summed E-state index contributed by atoms with van der Waals surface area (Å²) in [6.45, 7) is 5.09. The van der Waals surface area contributed by atoms with Crippen LogP contribution in [0.5, 0.6) is 11.5 Å². The smallest absolute Gasteiger partial charge is 0.341 e. The third-order valence-corrected chi connectivity index (χ3v) is 10.2. The fourth-order valence-corrected chi connectivity index (χ4v) is 7.23. The van der Waals surface area contributed by atoms with E-state index in [1.807, 2.05) is 6.07 Å². The minimum absolute atomic E-state index is 0.0357. The molecule has 1 aromatic heterocycles.